The molecule has 3 aromatic rings. The number of hydrogen-bond acceptors (Lipinski definition) is 6. The lowest BCUT2D eigenvalue weighted by Crippen LogP contribution is -2.31. The van der Waals surface area contributed by atoms with Gasteiger partial charge in [0.1, 0.15) is 5.75 Å². The van der Waals surface area contributed by atoms with E-state index in [0.717, 1.165) is 22.4 Å². The summed E-state index contributed by atoms with van der Waals surface area (Å²) in [5.74, 6) is -0.321. The van der Waals surface area contributed by atoms with Crippen LogP contribution in [0.15, 0.2) is 94.7 Å². The largest absolute Gasteiger partial charge is 0.494 e. The normalized spacial score (nSPS) is 14.7. The standard InChI is InChI=1S/C32H32N4O3S/c1-5-39-25-15-13-23(14-16-25)30-26(18-33)32(40-19-28(37)36-27-17-20(2)11-12-21(27)3)34-22(4)29(30)31(38)35-24-9-7-6-8-10-24/h6-17,30,34H,5,19H2,1-4H3,(H,35,38)(H,36,37)/t30-/m0/s1. The van der Waals surface area contributed by atoms with Gasteiger partial charge in [0.2, 0.25) is 5.91 Å². The van der Waals surface area contributed by atoms with Gasteiger partial charge < -0.3 is 20.7 Å². The molecule has 0 saturated heterocycles. The fourth-order valence-electron chi connectivity index (χ4n) is 4.50. The molecule has 0 unspecified atom stereocenters. The molecular weight excluding hydrogens is 520 g/mol. The average molecular weight is 553 g/mol. The van der Waals surface area contributed by atoms with Gasteiger partial charge in [-0.25, -0.2) is 0 Å². The molecule has 0 saturated carbocycles. The number of ether oxygens (including phenoxy) is 1. The van der Waals surface area contributed by atoms with Crippen LogP contribution in [0.1, 0.15) is 36.5 Å². The number of nitriles is 1. The number of allylic oxidation sites excluding steroid dienone is 2. The van der Waals surface area contributed by atoms with E-state index in [1.54, 1.807) is 0 Å². The summed E-state index contributed by atoms with van der Waals surface area (Å²) in [6.45, 7) is 8.17. The minimum atomic E-state index is -0.629. The number of benzene rings is 3. The van der Waals surface area contributed by atoms with Gasteiger partial charge in [-0.1, -0.05) is 54.2 Å². The molecule has 0 aliphatic carbocycles. The van der Waals surface area contributed by atoms with E-state index in [-0.39, 0.29) is 17.6 Å². The third kappa shape index (κ3) is 6.74. The first kappa shape index (κ1) is 28.5. The Morgan fingerprint density at radius 2 is 1.73 bits per heavy atom. The van der Waals surface area contributed by atoms with Crippen LogP contribution in [-0.2, 0) is 9.59 Å². The molecule has 2 amide bonds. The van der Waals surface area contributed by atoms with E-state index >= 15 is 0 Å². The van der Waals surface area contributed by atoms with E-state index in [1.807, 2.05) is 100 Å². The number of nitrogens with one attached hydrogen (secondary N) is 3. The van der Waals surface area contributed by atoms with Gasteiger partial charge in [-0.2, -0.15) is 5.26 Å². The van der Waals surface area contributed by atoms with Crippen molar-refractivity contribution in [2.24, 2.45) is 0 Å². The number of carbonyl (C=O) groups excluding carboxylic acids is 2. The average Bonchev–Trinajstić information content (AvgIpc) is 2.94. The number of thioether (sulfide) groups is 1. The van der Waals surface area contributed by atoms with E-state index in [0.29, 0.717) is 39.9 Å². The fraction of sp³-hybridized carbons (Fsp3) is 0.219. The summed E-state index contributed by atoms with van der Waals surface area (Å²) in [4.78, 5) is 26.5. The molecule has 1 heterocycles. The van der Waals surface area contributed by atoms with Crippen molar-refractivity contribution in [2.45, 2.75) is 33.6 Å². The van der Waals surface area contributed by atoms with E-state index in [2.05, 4.69) is 22.0 Å². The summed E-state index contributed by atoms with van der Waals surface area (Å²) < 4.78 is 5.60. The Labute approximate surface area is 239 Å². The van der Waals surface area contributed by atoms with Crippen molar-refractivity contribution < 1.29 is 14.3 Å². The second-order valence-corrected chi connectivity index (χ2v) is 10.4. The molecule has 3 N–H and O–H groups in total. The molecule has 1 atom stereocenters. The molecule has 1 aliphatic rings. The van der Waals surface area contributed by atoms with Crippen LogP contribution in [-0.4, -0.2) is 24.2 Å². The third-order valence-corrected chi connectivity index (χ3v) is 7.48. The molecule has 8 heteroatoms. The van der Waals surface area contributed by atoms with Crippen LogP contribution in [0, 0.1) is 25.2 Å². The molecule has 4 rings (SSSR count). The maximum atomic E-state index is 13.6. The summed E-state index contributed by atoms with van der Waals surface area (Å²) in [5.41, 5.74) is 5.65. The highest BCUT2D eigenvalue weighted by molar-refractivity contribution is 8.03. The lowest BCUT2D eigenvalue weighted by atomic mass is 9.82. The van der Waals surface area contributed by atoms with Gasteiger partial charge in [0, 0.05) is 22.6 Å². The Balaban J connectivity index is 1.64. The van der Waals surface area contributed by atoms with Gasteiger partial charge in [0.15, 0.2) is 0 Å². The number of anilines is 2. The summed E-state index contributed by atoms with van der Waals surface area (Å²) in [6, 6.07) is 24.8. The monoisotopic (exact) mass is 552 g/mol. The zero-order valence-electron chi connectivity index (χ0n) is 23.0. The van der Waals surface area contributed by atoms with Crippen LogP contribution in [0.3, 0.4) is 0 Å². The van der Waals surface area contributed by atoms with Crippen molar-refractivity contribution in [1.29, 1.82) is 5.26 Å². The first-order chi connectivity index (χ1) is 19.3. The van der Waals surface area contributed by atoms with Gasteiger partial charge in [-0.05, 0) is 74.7 Å². The van der Waals surface area contributed by atoms with Crippen LogP contribution in [0.5, 0.6) is 5.75 Å². The van der Waals surface area contributed by atoms with Crippen LogP contribution >= 0.6 is 11.8 Å². The van der Waals surface area contributed by atoms with Crippen molar-refractivity contribution >= 4 is 35.0 Å². The molecule has 204 valence electrons. The zero-order valence-corrected chi connectivity index (χ0v) is 23.8. The van der Waals surface area contributed by atoms with Crippen molar-refractivity contribution in [3.8, 4) is 11.8 Å². The number of amides is 2. The molecule has 40 heavy (non-hydrogen) atoms. The molecule has 0 radical (unpaired) electrons. The Hall–Kier alpha value is -4.48. The Morgan fingerprint density at radius 3 is 2.40 bits per heavy atom. The van der Waals surface area contributed by atoms with Crippen molar-refractivity contribution in [2.75, 3.05) is 23.0 Å². The van der Waals surface area contributed by atoms with Crippen molar-refractivity contribution in [3.63, 3.8) is 0 Å². The van der Waals surface area contributed by atoms with Crippen LogP contribution in [0.4, 0.5) is 11.4 Å². The highest BCUT2D eigenvalue weighted by atomic mass is 32.2. The van der Waals surface area contributed by atoms with Crippen LogP contribution in [0.25, 0.3) is 0 Å². The minimum absolute atomic E-state index is 0.0930. The Morgan fingerprint density at radius 1 is 1.00 bits per heavy atom. The summed E-state index contributed by atoms with van der Waals surface area (Å²) in [7, 11) is 0. The second kappa shape index (κ2) is 13.0. The predicted octanol–water partition coefficient (Wildman–Crippen LogP) is 6.41. The first-order valence-electron chi connectivity index (χ1n) is 13.0. The molecule has 0 bridgehead atoms. The fourth-order valence-corrected chi connectivity index (χ4v) is 5.39. The minimum Gasteiger partial charge on any atom is -0.494 e. The number of rotatable bonds is 9. The van der Waals surface area contributed by atoms with E-state index in [1.165, 1.54) is 11.8 Å². The van der Waals surface area contributed by atoms with Gasteiger partial charge in [0.05, 0.1) is 34.9 Å². The lowest BCUT2D eigenvalue weighted by molar-refractivity contribution is -0.114. The summed E-state index contributed by atoms with van der Waals surface area (Å²) >= 11 is 1.24. The molecule has 7 nitrogen and oxygen atoms in total. The Bertz CT molecular complexity index is 1510. The van der Waals surface area contributed by atoms with E-state index in [9.17, 15) is 14.9 Å². The van der Waals surface area contributed by atoms with Crippen molar-refractivity contribution in [3.05, 3.63) is 111 Å². The molecule has 0 fully saturated rings. The van der Waals surface area contributed by atoms with Gasteiger partial charge in [-0.3, -0.25) is 9.59 Å². The number of dihydropyridines is 1. The van der Waals surface area contributed by atoms with E-state index < -0.39 is 5.92 Å². The SMILES string of the molecule is CCOc1ccc([C@H]2C(C#N)=C(SCC(=O)Nc3cc(C)ccc3C)NC(C)=C2C(=O)Nc2ccccc2)cc1. The second-order valence-electron chi connectivity index (χ2n) is 9.43. The number of hydrogen-bond donors (Lipinski definition) is 3. The Kier molecular flexibility index (Phi) is 9.31. The number of aryl methyl sites for hydroxylation is 2. The molecule has 0 aromatic heterocycles. The summed E-state index contributed by atoms with van der Waals surface area (Å²) in [6.07, 6.45) is 0. The molecule has 3 aromatic carbocycles. The number of nitrogens with zero attached hydrogens (tertiary/aromatic N) is 1. The number of carbonyl (C=O) groups is 2. The van der Waals surface area contributed by atoms with Gasteiger partial charge in [-0.15, -0.1) is 0 Å². The van der Waals surface area contributed by atoms with Crippen LogP contribution < -0.4 is 20.7 Å². The molecule has 1 aliphatic heterocycles. The molecular formula is C32H32N4O3S. The van der Waals surface area contributed by atoms with Crippen molar-refractivity contribution in [1.82, 2.24) is 5.32 Å². The number of para-hydroxylation sites is 1. The van der Waals surface area contributed by atoms with Crippen LogP contribution in [0.2, 0.25) is 0 Å². The van der Waals surface area contributed by atoms with E-state index in [4.69, 9.17) is 4.74 Å². The smallest absolute Gasteiger partial charge is 0.254 e. The first-order valence-corrected chi connectivity index (χ1v) is 14.0. The van der Waals surface area contributed by atoms with Gasteiger partial charge in [0.25, 0.3) is 5.91 Å². The topological polar surface area (TPSA) is 103 Å². The highest BCUT2D eigenvalue weighted by Gasteiger charge is 2.35. The maximum absolute atomic E-state index is 13.6. The quantitative estimate of drug-likeness (QED) is 0.284. The lowest BCUT2D eigenvalue weighted by Gasteiger charge is -2.30. The highest BCUT2D eigenvalue weighted by Crippen LogP contribution is 2.41. The van der Waals surface area contributed by atoms with Gasteiger partial charge >= 0.3 is 0 Å². The molecule has 0 spiro atoms. The maximum Gasteiger partial charge on any atom is 0.254 e. The predicted molar refractivity (Wildman–Crippen MR) is 161 cm³/mol. The summed E-state index contributed by atoms with van der Waals surface area (Å²) in [5, 5.41) is 20.0. The zero-order chi connectivity index (χ0) is 28.6. The third-order valence-electron chi connectivity index (χ3n) is 6.46.